The number of carbonyl (C=O) groups excluding carboxylic acids is 2. The SMILES string of the molecule is CNC(C(=O)Nc1cc(C(N)=O)ccc1C)c1cnn(C)c1. The number of primary amides is 1. The van der Waals surface area contributed by atoms with Crippen molar-refractivity contribution in [1.82, 2.24) is 15.1 Å². The molecule has 0 spiro atoms. The quantitative estimate of drug-likeness (QED) is 0.757. The van der Waals surface area contributed by atoms with Crippen LogP contribution >= 0.6 is 0 Å². The second-order valence-electron chi connectivity index (χ2n) is 5.05. The van der Waals surface area contributed by atoms with E-state index < -0.39 is 11.9 Å². The van der Waals surface area contributed by atoms with Crippen LogP contribution in [0.3, 0.4) is 0 Å². The number of aromatic nitrogens is 2. The van der Waals surface area contributed by atoms with Crippen LogP contribution in [0.15, 0.2) is 30.6 Å². The molecule has 2 rings (SSSR count). The molecule has 0 aliphatic carbocycles. The minimum absolute atomic E-state index is 0.236. The molecule has 0 saturated carbocycles. The van der Waals surface area contributed by atoms with Crippen molar-refractivity contribution in [2.45, 2.75) is 13.0 Å². The van der Waals surface area contributed by atoms with E-state index >= 15 is 0 Å². The number of rotatable bonds is 5. The summed E-state index contributed by atoms with van der Waals surface area (Å²) >= 11 is 0. The van der Waals surface area contributed by atoms with Gasteiger partial charge in [-0.15, -0.1) is 0 Å². The molecule has 0 fully saturated rings. The lowest BCUT2D eigenvalue weighted by atomic mass is 10.1. The van der Waals surface area contributed by atoms with E-state index in [1.165, 1.54) is 0 Å². The maximum absolute atomic E-state index is 12.5. The molecule has 0 aliphatic heterocycles. The van der Waals surface area contributed by atoms with Gasteiger partial charge in [-0.25, -0.2) is 0 Å². The third-order valence-corrected chi connectivity index (χ3v) is 3.39. The van der Waals surface area contributed by atoms with Crippen LogP contribution in [0, 0.1) is 6.92 Å². The van der Waals surface area contributed by atoms with Gasteiger partial charge in [0.2, 0.25) is 11.8 Å². The summed E-state index contributed by atoms with van der Waals surface area (Å²) in [5.41, 5.74) is 7.78. The van der Waals surface area contributed by atoms with E-state index in [1.807, 2.05) is 6.92 Å². The van der Waals surface area contributed by atoms with Crippen LogP contribution in [0.2, 0.25) is 0 Å². The number of aryl methyl sites for hydroxylation is 2. The summed E-state index contributed by atoms with van der Waals surface area (Å²) in [7, 11) is 3.48. The Balaban J connectivity index is 2.23. The van der Waals surface area contributed by atoms with Crippen LogP contribution in [0.1, 0.15) is 27.5 Å². The molecule has 2 aromatic rings. The van der Waals surface area contributed by atoms with Gasteiger partial charge in [-0.1, -0.05) is 6.07 Å². The van der Waals surface area contributed by atoms with Crippen LogP contribution in [0.5, 0.6) is 0 Å². The van der Waals surface area contributed by atoms with Crippen molar-refractivity contribution in [2.75, 3.05) is 12.4 Å². The molecule has 0 bridgehead atoms. The second kappa shape index (κ2) is 6.40. The van der Waals surface area contributed by atoms with E-state index in [4.69, 9.17) is 5.73 Å². The van der Waals surface area contributed by atoms with Gasteiger partial charge in [0.25, 0.3) is 0 Å². The monoisotopic (exact) mass is 301 g/mol. The normalized spacial score (nSPS) is 12.0. The number of hydrogen-bond donors (Lipinski definition) is 3. The van der Waals surface area contributed by atoms with Crippen molar-refractivity contribution in [3.8, 4) is 0 Å². The van der Waals surface area contributed by atoms with Crippen molar-refractivity contribution < 1.29 is 9.59 Å². The highest BCUT2D eigenvalue weighted by molar-refractivity contribution is 5.99. The first-order valence-electron chi connectivity index (χ1n) is 6.79. The predicted molar refractivity (Wildman–Crippen MR) is 83.3 cm³/mol. The van der Waals surface area contributed by atoms with E-state index in [-0.39, 0.29) is 5.91 Å². The summed E-state index contributed by atoms with van der Waals surface area (Å²) in [6.45, 7) is 1.85. The molecule has 2 amide bonds. The molecular formula is C15H19N5O2. The van der Waals surface area contributed by atoms with Crippen molar-refractivity contribution >= 4 is 17.5 Å². The van der Waals surface area contributed by atoms with Gasteiger partial charge in [0.15, 0.2) is 0 Å². The van der Waals surface area contributed by atoms with Crippen molar-refractivity contribution in [3.63, 3.8) is 0 Å². The highest BCUT2D eigenvalue weighted by atomic mass is 16.2. The first-order valence-corrected chi connectivity index (χ1v) is 6.79. The molecule has 1 heterocycles. The Bertz CT molecular complexity index is 708. The van der Waals surface area contributed by atoms with Gasteiger partial charge < -0.3 is 16.4 Å². The molecule has 22 heavy (non-hydrogen) atoms. The van der Waals surface area contributed by atoms with Crippen LogP contribution in [0.4, 0.5) is 5.69 Å². The summed E-state index contributed by atoms with van der Waals surface area (Å²) in [6, 6.07) is 4.41. The maximum atomic E-state index is 12.5. The number of likely N-dealkylation sites (N-methyl/N-ethyl adjacent to an activating group) is 1. The lowest BCUT2D eigenvalue weighted by molar-refractivity contribution is -0.118. The van der Waals surface area contributed by atoms with E-state index in [0.29, 0.717) is 11.3 Å². The van der Waals surface area contributed by atoms with Crippen molar-refractivity contribution in [3.05, 3.63) is 47.3 Å². The average molecular weight is 301 g/mol. The van der Waals surface area contributed by atoms with Gasteiger partial charge in [-0.3, -0.25) is 14.3 Å². The van der Waals surface area contributed by atoms with Crippen LogP contribution in [-0.4, -0.2) is 28.6 Å². The summed E-state index contributed by atoms with van der Waals surface area (Å²) in [5, 5.41) is 9.83. The largest absolute Gasteiger partial charge is 0.366 e. The molecular weight excluding hydrogens is 282 g/mol. The topological polar surface area (TPSA) is 102 Å². The summed E-state index contributed by atoms with van der Waals surface area (Å²) < 4.78 is 1.63. The number of carbonyl (C=O) groups is 2. The summed E-state index contributed by atoms with van der Waals surface area (Å²) in [4.78, 5) is 23.7. The first-order chi connectivity index (χ1) is 10.4. The van der Waals surface area contributed by atoms with Crippen LogP contribution in [0.25, 0.3) is 0 Å². The number of anilines is 1. The number of nitrogens with one attached hydrogen (secondary N) is 2. The van der Waals surface area contributed by atoms with Crippen LogP contribution < -0.4 is 16.4 Å². The Labute approximate surface area is 128 Å². The number of hydrogen-bond acceptors (Lipinski definition) is 4. The molecule has 7 heteroatoms. The Morgan fingerprint density at radius 2 is 2.09 bits per heavy atom. The fourth-order valence-corrected chi connectivity index (χ4v) is 2.15. The highest BCUT2D eigenvalue weighted by Crippen LogP contribution is 2.20. The van der Waals surface area contributed by atoms with Gasteiger partial charge >= 0.3 is 0 Å². The standard InChI is InChI=1S/C15H19N5O2/c1-9-4-5-10(14(16)21)6-12(9)19-15(22)13(17-2)11-7-18-20(3)8-11/h4-8,13,17H,1-3H3,(H2,16,21)(H,19,22). The summed E-state index contributed by atoms with van der Waals surface area (Å²) in [6.07, 6.45) is 3.40. The fraction of sp³-hybridized carbons (Fsp3) is 0.267. The zero-order valence-electron chi connectivity index (χ0n) is 12.8. The van der Waals surface area contributed by atoms with E-state index in [9.17, 15) is 9.59 Å². The van der Waals surface area contributed by atoms with Crippen molar-refractivity contribution in [1.29, 1.82) is 0 Å². The third kappa shape index (κ3) is 3.32. The average Bonchev–Trinajstić information content (AvgIpc) is 2.88. The number of amides is 2. The van der Waals surface area contributed by atoms with E-state index in [1.54, 1.807) is 49.4 Å². The second-order valence-corrected chi connectivity index (χ2v) is 5.05. The molecule has 0 radical (unpaired) electrons. The number of nitrogens with two attached hydrogens (primary N) is 1. The molecule has 4 N–H and O–H groups in total. The molecule has 116 valence electrons. The zero-order chi connectivity index (χ0) is 16.3. The van der Waals surface area contributed by atoms with Crippen molar-refractivity contribution in [2.24, 2.45) is 12.8 Å². The smallest absolute Gasteiger partial charge is 0.248 e. The molecule has 1 aromatic carbocycles. The molecule has 1 aromatic heterocycles. The molecule has 7 nitrogen and oxygen atoms in total. The summed E-state index contributed by atoms with van der Waals surface area (Å²) in [5.74, 6) is -0.770. The Morgan fingerprint density at radius 1 is 1.36 bits per heavy atom. The molecule has 1 unspecified atom stereocenters. The van der Waals surface area contributed by atoms with E-state index in [2.05, 4.69) is 15.7 Å². The highest BCUT2D eigenvalue weighted by Gasteiger charge is 2.21. The lowest BCUT2D eigenvalue weighted by Crippen LogP contribution is -2.30. The maximum Gasteiger partial charge on any atom is 0.248 e. The van der Waals surface area contributed by atoms with Gasteiger partial charge in [-0.05, 0) is 31.7 Å². The number of nitrogens with zero attached hydrogens (tertiary/aromatic N) is 2. The Hall–Kier alpha value is -2.67. The number of benzene rings is 1. The van der Waals surface area contributed by atoms with Gasteiger partial charge in [0.1, 0.15) is 6.04 Å². The van der Waals surface area contributed by atoms with Gasteiger partial charge in [0, 0.05) is 30.1 Å². The van der Waals surface area contributed by atoms with Gasteiger partial charge in [-0.2, -0.15) is 5.10 Å². The Kier molecular flexibility index (Phi) is 4.57. The molecule has 0 saturated heterocycles. The lowest BCUT2D eigenvalue weighted by Gasteiger charge is -2.16. The predicted octanol–water partition coefficient (Wildman–Crippen LogP) is 0.727. The minimum atomic E-state index is -0.537. The van der Waals surface area contributed by atoms with Crippen LogP contribution in [-0.2, 0) is 11.8 Å². The molecule has 1 atom stereocenters. The third-order valence-electron chi connectivity index (χ3n) is 3.39. The molecule has 0 aliphatic rings. The fourth-order valence-electron chi connectivity index (χ4n) is 2.15. The zero-order valence-corrected chi connectivity index (χ0v) is 12.8. The van der Waals surface area contributed by atoms with E-state index in [0.717, 1.165) is 11.1 Å². The minimum Gasteiger partial charge on any atom is -0.366 e. The van der Waals surface area contributed by atoms with Gasteiger partial charge in [0.05, 0.1) is 6.20 Å². The first kappa shape index (κ1) is 15.7. The Morgan fingerprint density at radius 3 is 2.64 bits per heavy atom.